The van der Waals surface area contributed by atoms with Crippen LogP contribution in [-0.2, 0) is 21.4 Å². The minimum atomic E-state index is -0.901. The molecule has 4 aliphatic heterocycles. The second kappa shape index (κ2) is 8.47. The molecular weight excluding hydrogens is 463 g/mol. The molecule has 2 aromatic rings. The number of H-pyrrole nitrogens is 1. The molecule has 2 saturated heterocycles. The molecule has 0 saturated carbocycles. The monoisotopic (exact) mass is 496 g/mol. The first-order valence-corrected chi connectivity index (χ1v) is 12.9. The van der Waals surface area contributed by atoms with E-state index in [4.69, 9.17) is 4.74 Å². The highest BCUT2D eigenvalue weighted by molar-refractivity contribution is 6.08. The number of amides is 1. The third kappa shape index (κ3) is 3.56. The Kier molecular flexibility index (Phi) is 5.47. The van der Waals surface area contributed by atoms with E-state index in [1.165, 1.54) is 0 Å². The van der Waals surface area contributed by atoms with Gasteiger partial charge in [0.1, 0.15) is 11.6 Å². The Hall–Kier alpha value is -3.14. The number of carbonyl (C=O) groups is 1. The number of benzene rings is 1. The van der Waals surface area contributed by atoms with Crippen molar-refractivity contribution in [3.8, 4) is 0 Å². The first kappa shape index (κ1) is 23.3. The minimum Gasteiger partial charge on any atom is -0.372 e. The van der Waals surface area contributed by atoms with Crippen molar-refractivity contribution in [2.45, 2.75) is 57.2 Å². The highest BCUT2D eigenvalue weighted by atomic mass is 19.1. The number of nitrogens with zero attached hydrogens (tertiary/aromatic N) is 4. The number of piperidine rings is 1. The van der Waals surface area contributed by atoms with Crippen LogP contribution in [0.3, 0.4) is 0 Å². The van der Waals surface area contributed by atoms with Crippen LogP contribution in [0.25, 0.3) is 0 Å². The molecule has 0 aliphatic carbocycles. The summed E-state index contributed by atoms with van der Waals surface area (Å²) in [6.07, 6.45) is 2.65. The fourth-order valence-corrected chi connectivity index (χ4v) is 6.48. The zero-order valence-corrected chi connectivity index (χ0v) is 21.1. The van der Waals surface area contributed by atoms with Crippen LogP contribution in [0.4, 0.5) is 27.5 Å². The molecule has 2 atom stereocenters. The van der Waals surface area contributed by atoms with E-state index in [1.54, 1.807) is 18.0 Å². The highest BCUT2D eigenvalue weighted by Crippen LogP contribution is 2.50. The molecule has 10 heteroatoms. The molecule has 1 aromatic carbocycles. The third-order valence-corrected chi connectivity index (χ3v) is 8.21. The average Bonchev–Trinajstić information content (AvgIpc) is 3.06. The summed E-state index contributed by atoms with van der Waals surface area (Å²) in [6, 6.07) is 3.54. The largest absolute Gasteiger partial charge is 0.372 e. The van der Waals surface area contributed by atoms with E-state index < -0.39 is 5.41 Å². The Bertz CT molecular complexity index is 1260. The van der Waals surface area contributed by atoms with Gasteiger partial charge in [-0.05, 0) is 51.7 Å². The van der Waals surface area contributed by atoms with Crippen molar-refractivity contribution in [1.82, 2.24) is 9.97 Å². The van der Waals surface area contributed by atoms with E-state index in [0.29, 0.717) is 67.6 Å². The number of carbonyl (C=O) groups excluding carboxylic acids is 1. The van der Waals surface area contributed by atoms with Gasteiger partial charge in [0.05, 0.1) is 28.9 Å². The molecule has 4 aliphatic rings. The van der Waals surface area contributed by atoms with Gasteiger partial charge in [-0.3, -0.25) is 14.6 Å². The number of fused-ring (bicyclic) bond motifs is 3. The van der Waals surface area contributed by atoms with Crippen molar-refractivity contribution >= 4 is 29.0 Å². The van der Waals surface area contributed by atoms with Crippen molar-refractivity contribution in [3.63, 3.8) is 0 Å². The molecule has 36 heavy (non-hydrogen) atoms. The van der Waals surface area contributed by atoms with Crippen molar-refractivity contribution in [2.24, 2.45) is 0 Å². The summed E-state index contributed by atoms with van der Waals surface area (Å²) in [5, 5.41) is 3.22. The fraction of sp³-hybridized carbons (Fsp3) is 0.577. The zero-order valence-electron chi connectivity index (χ0n) is 21.1. The number of hydrogen-bond donors (Lipinski definition) is 2. The smallest absolute Gasteiger partial charge is 0.257 e. The number of anilines is 4. The quantitative estimate of drug-likeness (QED) is 0.660. The Morgan fingerprint density at radius 1 is 1.11 bits per heavy atom. The highest BCUT2D eigenvalue weighted by Gasteiger charge is 2.53. The number of rotatable bonds is 2. The maximum Gasteiger partial charge on any atom is 0.257 e. The summed E-state index contributed by atoms with van der Waals surface area (Å²) in [7, 11) is 1.74. The standard InChI is InChI=1S/C26H33FN6O3/c1-15-13-33(14-16(2)36-15)17-11-19(27)21-20(12-17)31(3)24(35)26(21)6-9-32(10-7-26)25-29-22-18(23(34)30-25)5-4-8-28-22/h11-12,15-16H,4-10,13-14H2,1-3H3,(H2,28,29,30,34). The van der Waals surface area contributed by atoms with Crippen molar-refractivity contribution in [1.29, 1.82) is 0 Å². The van der Waals surface area contributed by atoms with E-state index in [1.807, 2.05) is 24.8 Å². The van der Waals surface area contributed by atoms with Crippen LogP contribution < -0.4 is 25.6 Å². The van der Waals surface area contributed by atoms with Gasteiger partial charge in [0.2, 0.25) is 11.9 Å². The van der Waals surface area contributed by atoms with E-state index >= 15 is 4.39 Å². The molecule has 5 heterocycles. The average molecular weight is 497 g/mol. The van der Waals surface area contributed by atoms with Gasteiger partial charge in [-0.25, -0.2) is 4.39 Å². The molecule has 1 spiro atoms. The third-order valence-electron chi connectivity index (χ3n) is 8.21. The Morgan fingerprint density at radius 3 is 2.56 bits per heavy atom. The van der Waals surface area contributed by atoms with Gasteiger partial charge >= 0.3 is 0 Å². The van der Waals surface area contributed by atoms with E-state index in [2.05, 4.69) is 20.2 Å². The van der Waals surface area contributed by atoms with E-state index in [-0.39, 0.29) is 29.5 Å². The number of hydrogen-bond acceptors (Lipinski definition) is 7. The summed E-state index contributed by atoms with van der Waals surface area (Å²) < 4.78 is 21.7. The Labute approximate surface area is 209 Å². The lowest BCUT2D eigenvalue weighted by Gasteiger charge is -2.39. The van der Waals surface area contributed by atoms with E-state index in [9.17, 15) is 9.59 Å². The number of likely N-dealkylation sites (N-methyl/N-ethyl adjacent to an activating group) is 1. The van der Waals surface area contributed by atoms with E-state index in [0.717, 1.165) is 25.1 Å². The Balaban J connectivity index is 1.29. The van der Waals surface area contributed by atoms with Gasteiger partial charge in [-0.15, -0.1) is 0 Å². The lowest BCUT2D eigenvalue weighted by molar-refractivity contribution is -0.123. The fourth-order valence-electron chi connectivity index (χ4n) is 6.48. The van der Waals surface area contributed by atoms with Crippen LogP contribution in [0.15, 0.2) is 16.9 Å². The summed E-state index contributed by atoms with van der Waals surface area (Å²) >= 11 is 0. The maximum atomic E-state index is 15.8. The molecule has 2 fully saturated rings. The molecule has 192 valence electrons. The normalized spacial score (nSPS) is 25.1. The molecule has 1 aromatic heterocycles. The number of halogens is 1. The summed E-state index contributed by atoms with van der Waals surface area (Å²) in [6.45, 7) is 7.20. The minimum absolute atomic E-state index is 0.0546. The summed E-state index contributed by atoms with van der Waals surface area (Å²) in [4.78, 5) is 39.5. The SMILES string of the molecule is CC1CN(c2cc(F)c3c(c2)N(C)C(=O)C32CCN(c3nc4c(c(=O)[nH]3)CCCN4)CC2)CC(C)O1. The van der Waals surface area contributed by atoms with Crippen molar-refractivity contribution < 1.29 is 13.9 Å². The predicted octanol–water partition coefficient (Wildman–Crippen LogP) is 2.40. The van der Waals surface area contributed by atoms with Crippen molar-refractivity contribution in [2.75, 3.05) is 59.8 Å². The van der Waals surface area contributed by atoms with Crippen LogP contribution >= 0.6 is 0 Å². The second-order valence-corrected chi connectivity index (χ2v) is 10.7. The van der Waals surface area contributed by atoms with Crippen LogP contribution in [0.1, 0.15) is 44.2 Å². The zero-order chi connectivity index (χ0) is 25.2. The first-order chi connectivity index (χ1) is 17.3. The molecule has 0 radical (unpaired) electrons. The molecule has 2 unspecified atom stereocenters. The number of morpholine rings is 1. The lowest BCUT2D eigenvalue weighted by atomic mass is 9.73. The number of aromatic amines is 1. The number of ether oxygens (including phenoxy) is 1. The predicted molar refractivity (Wildman–Crippen MR) is 137 cm³/mol. The van der Waals surface area contributed by atoms with Gasteiger partial charge in [0, 0.05) is 51.0 Å². The topological polar surface area (TPSA) is 93.8 Å². The van der Waals surface area contributed by atoms with Crippen LogP contribution in [0.2, 0.25) is 0 Å². The number of aromatic nitrogens is 2. The lowest BCUT2D eigenvalue weighted by Crippen LogP contribution is -2.49. The molecular formula is C26H33FN6O3. The second-order valence-electron chi connectivity index (χ2n) is 10.7. The van der Waals surface area contributed by atoms with Gasteiger partial charge in [0.25, 0.3) is 5.56 Å². The maximum absolute atomic E-state index is 15.8. The van der Waals surface area contributed by atoms with Gasteiger partial charge < -0.3 is 24.8 Å². The van der Waals surface area contributed by atoms with Gasteiger partial charge in [-0.2, -0.15) is 4.98 Å². The first-order valence-electron chi connectivity index (χ1n) is 12.9. The Morgan fingerprint density at radius 2 is 1.83 bits per heavy atom. The summed E-state index contributed by atoms with van der Waals surface area (Å²) in [5.41, 5.74) is 1.62. The van der Waals surface area contributed by atoms with Crippen LogP contribution in [0, 0.1) is 5.82 Å². The van der Waals surface area contributed by atoms with Gasteiger partial charge in [0.15, 0.2) is 0 Å². The van der Waals surface area contributed by atoms with Crippen LogP contribution in [0.5, 0.6) is 0 Å². The van der Waals surface area contributed by atoms with Crippen LogP contribution in [-0.4, -0.2) is 67.9 Å². The van der Waals surface area contributed by atoms with Gasteiger partial charge in [-0.1, -0.05) is 0 Å². The number of nitrogens with one attached hydrogen (secondary N) is 2. The molecule has 0 bridgehead atoms. The molecule has 6 rings (SSSR count). The van der Waals surface area contributed by atoms with Crippen molar-refractivity contribution in [3.05, 3.63) is 39.4 Å². The summed E-state index contributed by atoms with van der Waals surface area (Å²) in [5.74, 6) is 0.761. The molecule has 2 N–H and O–H groups in total. The molecule has 9 nitrogen and oxygen atoms in total. The molecule has 1 amide bonds.